The molecule has 1 rings (SSSR count). The van der Waals surface area contributed by atoms with Crippen molar-refractivity contribution in [2.75, 3.05) is 5.73 Å². The summed E-state index contributed by atoms with van der Waals surface area (Å²) in [6.45, 7) is 1.66. The maximum Gasteiger partial charge on any atom is 0.0704 e. The highest BCUT2D eigenvalue weighted by molar-refractivity contribution is 5.41. The molecule has 2 atom stereocenters. The van der Waals surface area contributed by atoms with Crippen molar-refractivity contribution in [2.24, 2.45) is 5.73 Å². The second-order valence-corrected chi connectivity index (χ2v) is 2.94. The standard InChI is InChI=1S/C9H14N2O/c1-6(12)9(11)7-3-2-4-8(10)5-7/h2-6,9,12H,10-11H2,1H3/t6-,9+/m0/s1. The van der Waals surface area contributed by atoms with Crippen molar-refractivity contribution >= 4 is 5.69 Å². The Morgan fingerprint density at radius 2 is 2.08 bits per heavy atom. The predicted octanol–water partition coefficient (Wildman–Crippen LogP) is 0.649. The van der Waals surface area contributed by atoms with Crippen molar-refractivity contribution in [1.82, 2.24) is 0 Å². The van der Waals surface area contributed by atoms with E-state index in [1.807, 2.05) is 12.1 Å². The average molecular weight is 166 g/mol. The molecule has 3 heteroatoms. The minimum atomic E-state index is -0.549. The van der Waals surface area contributed by atoms with E-state index in [0.29, 0.717) is 5.69 Å². The molecule has 0 heterocycles. The zero-order valence-corrected chi connectivity index (χ0v) is 7.07. The van der Waals surface area contributed by atoms with Gasteiger partial charge in [-0.1, -0.05) is 12.1 Å². The van der Waals surface area contributed by atoms with Crippen LogP contribution in [0.4, 0.5) is 5.69 Å². The van der Waals surface area contributed by atoms with Crippen LogP contribution in [0.1, 0.15) is 18.5 Å². The molecule has 12 heavy (non-hydrogen) atoms. The lowest BCUT2D eigenvalue weighted by Crippen LogP contribution is -2.23. The zero-order valence-electron chi connectivity index (χ0n) is 7.07. The number of nitrogen functional groups attached to an aromatic ring is 1. The fraction of sp³-hybridized carbons (Fsp3) is 0.333. The monoisotopic (exact) mass is 166 g/mol. The van der Waals surface area contributed by atoms with E-state index in [0.717, 1.165) is 5.56 Å². The molecule has 0 aromatic heterocycles. The van der Waals surface area contributed by atoms with Crippen LogP contribution in [-0.4, -0.2) is 11.2 Å². The van der Waals surface area contributed by atoms with Crippen molar-refractivity contribution in [3.63, 3.8) is 0 Å². The third-order valence-corrected chi connectivity index (χ3v) is 1.82. The third kappa shape index (κ3) is 1.96. The highest BCUT2D eigenvalue weighted by Gasteiger charge is 2.11. The summed E-state index contributed by atoms with van der Waals surface area (Å²) in [5.41, 5.74) is 12.8. The van der Waals surface area contributed by atoms with Gasteiger partial charge in [0.05, 0.1) is 12.1 Å². The number of nitrogens with two attached hydrogens (primary N) is 2. The summed E-state index contributed by atoms with van der Waals surface area (Å²) in [4.78, 5) is 0. The lowest BCUT2D eigenvalue weighted by Gasteiger charge is -2.14. The molecule has 0 saturated heterocycles. The van der Waals surface area contributed by atoms with Gasteiger partial charge in [0.2, 0.25) is 0 Å². The van der Waals surface area contributed by atoms with E-state index >= 15 is 0 Å². The lowest BCUT2D eigenvalue weighted by atomic mass is 10.0. The van der Waals surface area contributed by atoms with E-state index in [4.69, 9.17) is 11.5 Å². The second-order valence-electron chi connectivity index (χ2n) is 2.94. The smallest absolute Gasteiger partial charge is 0.0704 e. The molecule has 66 valence electrons. The van der Waals surface area contributed by atoms with E-state index < -0.39 is 6.10 Å². The molecule has 0 saturated carbocycles. The van der Waals surface area contributed by atoms with Gasteiger partial charge in [0.1, 0.15) is 0 Å². The summed E-state index contributed by atoms with van der Waals surface area (Å²) in [5.74, 6) is 0. The van der Waals surface area contributed by atoms with Gasteiger partial charge in [-0.05, 0) is 24.6 Å². The Morgan fingerprint density at radius 1 is 1.42 bits per heavy atom. The maximum absolute atomic E-state index is 9.20. The van der Waals surface area contributed by atoms with E-state index in [-0.39, 0.29) is 6.04 Å². The van der Waals surface area contributed by atoms with Crippen LogP contribution < -0.4 is 11.5 Å². The fourth-order valence-corrected chi connectivity index (χ4v) is 1.04. The van der Waals surface area contributed by atoms with Crippen molar-refractivity contribution in [3.05, 3.63) is 29.8 Å². The van der Waals surface area contributed by atoms with E-state index in [9.17, 15) is 5.11 Å². The molecule has 0 fully saturated rings. The Bertz CT molecular complexity index is 260. The Balaban J connectivity index is 2.88. The van der Waals surface area contributed by atoms with Gasteiger partial charge in [0, 0.05) is 5.69 Å². The summed E-state index contributed by atoms with van der Waals surface area (Å²) in [6.07, 6.45) is -0.549. The molecule has 0 aliphatic carbocycles. The molecule has 0 aliphatic rings. The van der Waals surface area contributed by atoms with Gasteiger partial charge < -0.3 is 16.6 Å². The summed E-state index contributed by atoms with van der Waals surface area (Å²) in [5, 5.41) is 9.20. The molecule has 0 spiro atoms. The molecule has 0 radical (unpaired) electrons. The normalized spacial score (nSPS) is 15.6. The first kappa shape index (κ1) is 9.03. The van der Waals surface area contributed by atoms with Crippen molar-refractivity contribution < 1.29 is 5.11 Å². The van der Waals surface area contributed by atoms with E-state index in [1.54, 1.807) is 19.1 Å². The van der Waals surface area contributed by atoms with Gasteiger partial charge in [-0.25, -0.2) is 0 Å². The molecular weight excluding hydrogens is 152 g/mol. The predicted molar refractivity (Wildman–Crippen MR) is 49.5 cm³/mol. The molecule has 1 aromatic carbocycles. The van der Waals surface area contributed by atoms with Crippen LogP contribution in [0, 0.1) is 0 Å². The molecule has 0 bridgehead atoms. The van der Waals surface area contributed by atoms with Crippen LogP contribution >= 0.6 is 0 Å². The number of aliphatic hydroxyl groups is 1. The first-order valence-corrected chi connectivity index (χ1v) is 3.90. The van der Waals surface area contributed by atoms with Gasteiger partial charge in [-0.3, -0.25) is 0 Å². The minimum absolute atomic E-state index is 0.353. The van der Waals surface area contributed by atoms with E-state index in [2.05, 4.69) is 0 Å². The number of hydrogen-bond acceptors (Lipinski definition) is 3. The molecule has 0 aliphatic heterocycles. The third-order valence-electron chi connectivity index (χ3n) is 1.82. The number of rotatable bonds is 2. The van der Waals surface area contributed by atoms with Gasteiger partial charge in [0.15, 0.2) is 0 Å². The second kappa shape index (κ2) is 3.56. The van der Waals surface area contributed by atoms with E-state index in [1.165, 1.54) is 0 Å². The summed E-state index contributed by atoms with van der Waals surface area (Å²) in [6, 6.07) is 6.89. The van der Waals surface area contributed by atoms with Gasteiger partial charge in [0.25, 0.3) is 0 Å². The number of anilines is 1. The van der Waals surface area contributed by atoms with Crippen molar-refractivity contribution in [1.29, 1.82) is 0 Å². The molecule has 0 amide bonds. The van der Waals surface area contributed by atoms with Crippen LogP contribution in [0.3, 0.4) is 0 Å². The first-order chi connectivity index (χ1) is 5.61. The molecule has 0 unspecified atom stereocenters. The number of aliphatic hydroxyl groups excluding tert-OH is 1. The van der Waals surface area contributed by atoms with Gasteiger partial charge in [-0.15, -0.1) is 0 Å². The number of hydrogen-bond donors (Lipinski definition) is 3. The van der Waals surface area contributed by atoms with Crippen molar-refractivity contribution in [3.8, 4) is 0 Å². The SMILES string of the molecule is C[C@H](O)[C@@H](N)c1cccc(N)c1. The molecule has 1 aromatic rings. The minimum Gasteiger partial charge on any atom is -0.399 e. The fourth-order valence-electron chi connectivity index (χ4n) is 1.04. The Morgan fingerprint density at radius 3 is 2.58 bits per heavy atom. The molecular formula is C9H14N2O. The maximum atomic E-state index is 9.20. The van der Waals surface area contributed by atoms with Crippen LogP contribution in [0.2, 0.25) is 0 Å². The zero-order chi connectivity index (χ0) is 9.14. The first-order valence-electron chi connectivity index (χ1n) is 3.90. The van der Waals surface area contributed by atoms with Crippen molar-refractivity contribution in [2.45, 2.75) is 19.1 Å². The Kier molecular flexibility index (Phi) is 2.68. The van der Waals surface area contributed by atoms with Crippen LogP contribution in [-0.2, 0) is 0 Å². The highest BCUT2D eigenvalue weighted by atomic mass is 16.3. The average Bonchev–Trinajstić information content (AvgIpc) is 2.03. The van der Waals surface area contributed by atoms with Crippen LogP contribution in [0.15, 0.2) is 24.3 Å². The summed E-state index contributed by atoms with van der Waals surface area (Å²) in [7, 11) is 0. The lowest BCUT2D eigenvalue weighted by molar-refractivity contribution is 0.164. The highest BCUT2D eigenvalue weighted by Crippen LogP contribution is 2.16. The largest absolute Gasteiger partial charge is 0.399 e. The van der Waals surface area contributed by atoms with Gasteiger partial charge >= 0.3 is 0 Å². The number of benzene rings is 1. The summed E-state index contributed by atoms with van der Waals surface area (Å²) < 4.78 is 0. The quantitative estimate of drug-likeness (QED) is 0.565. The Labute approximate surface area is 72.0 Å². The Hall–Kier alpha value is -1.06. The van der Waals surface area contributed by atoms with Crippen LogP contribution in [0.25, 0.3) is 0 Å². The van der Waals surface area contributed by atoms with Gasteiger partial charge in [-0.2, -0.15) is 0 Å². The summed E-state index contributed by atoms with van der Waals surface area (Å²) >= 11 is 0. The van der Waals surface area contributed by atoms with Crippen LogP contribution in [0.5, 0.6) is 0 Å². The molecule has 5 N–H and O–H groups in total. The molecule has 3 nitrogen and oxygen atoms in total. The topological polar surface area (TPSA) is 72.3 Å².